The Kier molecular flexibility index (Phi) is 5.68. The fourth-order valence-electron chi connectivity index (χ4n) is 4.69. The van der Waals surface area contributed by atoms with Gasteiger partial charge in [-0.3, -0.25) is 9.47 Å². The van der Waals surface area contributed by atoms with Gasteiger partial charge in [0.15, 0.2) is 11.8 Å². The summed E-state index contributed by atoms with van der Waals surface area (Å²) in [6.45, 7) is 1.31. The molecule has 1 aliphatic carbocycles. The molecular formula is C23H21Cl3N2O4. The molecule has 0 spiro atoms. The van der Waals surface area contributed by atoms with Gasteiger partial charge in [-0.05, 0) is 42.7 Å². The van der Waals surface area contributed by atoms with Crippen LogP contribution < -0.4 is 4.74 Å². The van der Waals surface area contributed by atoms with Gasteiger partial charge in [-0.25, -0.2) is 0 Å². The number of fused-ring (bicyclic) bond motifs is 1. The Morgan fingerprint density at radius 3 is 2.38 bits per heavy atom. The monoisotopic (exact) mass is 494 g/mol. The maximum atomic E-state index is 10.1. The van der Waals surface area contributed by atoms with Crippen molar-refractivity contribution in [2.45, 2.75) is 31.1 Å². The summed E-state index contributed by atoms with van der Waals surface area (Å²) in [4.78, 5) is 2.21. The molecule has 1 fully saturated rings. The molecule has 2 aliphatic rings. The lowest BCUT2D eigenvalue weighted by Gasteiger charge is -2.30. The van der Waals surface area contributed by atoms with Gasteiger partial charge in [0.25, 0.3) is 0 Å². The van der Waals surface area contributed by atoms with Gasteiger partial charge in [0.05, 0.1) is 22.9 Å². The molecule has 3 N–H and O–H groups in total. The smallest absolute Gasteiger partial charge is 0.198 e. The number of likely N-dealkylation sites (tertiary alicyclic amines) is 1. The van der Waals surface area contributed by atoms with E-state index in [9.17, 15) is 15.3 Å². The van der Waals surface area contributed by atoms with Gasteiger partial charge in [-0.2, -0.15) is 0 Å². The molecule has 0 radical (unpaired) electrons. The number of β-amino-alcohol motifs (C(OH)–C–C–N with tert-alkyl or cyclic N) is 1. The van der Waals surface area contributed by atoms with Crippen molar-refractivity contribution < 1.29 is 20.1 Å². The highest BCUT2D eigenvalue weighted by Crippen LogP contribution is 2.45. The van der Waals surface area contributed by atoms with Gasteiger partial charge < -0.3 is 20.1 Å². The molecule has 9 heteroatoms. The summed E-state index contributed by atoms with van der Waals surface area (Å²) in [5.41, 5.74) is 2.36. The lowest BCUT2D eigenvalue weighted by atomic mass is 10.1. The number of halogens is 3. The Morgan fingerprint density at radius 1 is 0.938 bits per heavy atom. The van der Waals surface area contributed by atoms with Gasteiger partial charge in [-0.1, -0.05) is 34.8 Å². The number of hydrogen-bond acceptors (Lipinski definition) is 5. The predicted molar refractivity (Wildman–Crippen MR) is 124 cm³/mol. The van der Waals surface area contributed by atoms with Crippen molar-refractivity contribution >= 4 is 34.8 Å². The van der Waals surface area contributed by atoms with E-state index in [1.807, 2.05) is 6.07 Å². The topological polar surface area (TPSA) is 78.1 Å². The van der Waals surface area contributed by atoms with Crippen LogP contribution >= 0.6 is 34.8 Å². The number of hydrogen-bond donors (Lipinski definition) is 3. The minimum atomic E-state index is -0.411. The molecule has 0 bridgehead atoms. The van der Waals surface area contributed by atoms with Crippen LogP contribution in [0.15, 0.2) is 42.5 Å². The molecule has 32 heavy (non-hydrogen) atoms. The Labute approximate surface area is 200 Å². The van der Waals surface area contributed by atoms with E-state index in [1.54, 1.807) is 24.3 Å². The number of rotatable bonds is 4. The Morgan fingerprint density at radius 2 is 1.69 bits per heavy atom. The first-order valence-corrected chi connectivity index (χ1v) is 11.4. The van der Waals surface area contributed by atoms with Crippen molar-refractivity contribution in [2.24, 2.45) is 0 Å². The average molecular weight is 496 g/mol. The maximum Gasteiger partial charge on any atom is 0.198 e. The van der Waals surface area contributed by atoms with Crippen LogP contribution in [0.5, 0.6) is 17.5 Å². The van der Waals surface area contributed by atoms with Gasteiger partial charge in [0.1, 0.15) is 11.9 Å². The van der Waals surface area contributed by atoms with Crippen LogP contribution in [0.3, 0.4) is 0 Å². The molecule has 0 amide bonds. The molecular weight excluding hydrogens is 475 g/mol. The zero-order chi connectivity index (χ0) is 22.6. The van der Waals surface area contributed by atoms with Crippen LogP contribution in [0.4, 0.5) is 0 Å². The zero-order valence-corrected chi connectivity index (χ0v) is 19.1. The Balaban J connectivity index is 1.55. The first-order chi connectivity index (χ1) is 15.3. The fraction of sp³-hybridized carbons (Fsp3) is 0.304. The standard InChI is InChI=1S/C23H21Cl3N2O4/c24-12-7-16-15(18(26)8-12)10-19(27-6-5-14(29)11-27)23(16)32-20-9-13(1-2-17(20)25)28-21(30)3-4-22(28)31/h1-4,7-9,14,19,23,29-31H,5-6,10-11H2/t14-,19+,23+/m1/s1. The molecule has 3 atom stereocenters. The third-order valence-corrected chi connectivity index (χ3v) is 7.06. The minimum Gasteiger partial charge on any atom is -0.494 e. The first kappa shape index (κ1) is 21.7. The van der Waals surface area contributed by atoms with Gasteiger partial charge >= 0.3 is 0 Å². The Hall–Kier alpha value is -2.09. The summed E-state index contributed by atoms with van der Waals surface area (Å²) >= 11 is 19.3. The quantitative estimate of drug-likeness (QED) is 0.477. The zero-order valence-electron chi connectivity index (χ0n) is 16.9. The van der Waals surface area contributed by atoms with E-state index in [-0.39, 0.29) is 23.9 Å². The highest BCUT2D eigenvalue weighted by atomic mass is 35.5. The number of aliphatic hydroxyl groups excluding tert-OH is 1. The molecule has 1 aromatic heterocycles. The highest BCUT2D eigenvalue weighted by molar-refractivity contribution is 6.35. The van der Waals surface area contributed by atoms with E-state index in [1.165, 1.54) is 16.7 Å². The second-order valence-corrected chi connectivity index (χ2v) is 9.45. The summed E-state index contributed by atoms with van der Waals surface area (Å²) in [7, 11) is 0. The summed E-state index contributed by atoms with van der Waals surface area (Å²) in [6.07, 6.45) is 0.589. The first-order valence-electron chi connectivity index (χ1n) is 10.3. The van der Waals surface area contributed by atoms with Crippen LogP contribution in [-0.2, 0) is 6.42 Å². The van der Waals surface area contributed by atoms with E-state index in [2.05, 4.69) is 4.90 Å². The van der Waals surface area contributed by atoms with Gasteiger partial charge in [0.2, 0.25) is 0 Å². The van der Waals surface area contributed by atoms with Crippen molar-refractivity contribution in [3.05, 3.63) is 68.7 Å². The number of aromatic hydroxyl groups is 2. The third kappa shape index (κ3) is 3.80. The van der Waals surface area contributed by atoms with Crippen molar-refractivity contribution in [2.75, 3.05) is 13.1 Å². The molecule has 0 unspecified atom stereocenters. The molecule has 5 rings (SSSR count). The molecule has 168 valence electrons. The maximum absolute atomic E-state index is 10.1. The largest absolute Gasteiger partial charge is 0.494 e. The second kappa shape index (κ2) is 8.36. The number of aromatic nitrogens is 1. The van der Waals surface area contributed by atoms with E-state index in [0.717, 1.165) is 17.7 Å². The minimum absolute atomic E-state index is 0.0498. The molecule has 0 saturated carbocycles. The van der Waals surface area contributed by atoms with E-state index in [0.29, 0.717) is 45.9 Å². The van der Waals surface area contributed by atoms with E-state index < -0.39 is 6.10 Å². The van der Waals surface area contributed by atoms with Gasteiger partial charge in [0, 0.05) is 46.9 Å². The number of benzene rings is 2. The molecule has 1 aliphatic heterocycles. The van der Waals surface area contributed by atoms with Crippen LogP contribution in [-0.4, -0.2) is 50.0 Å². The van der Waals surface area contributed by atoms with E-state index in [4.69, 9.17) is 39.5 Å². The number of nitrogens with zero attached hydrogens (tertiary/aromatic N) is 2. The second-order valence-electron chi connectivity index (χ2n) is 8.20. The summed E-state index contributed by atoms with van der Waals surface area (Å²) in [5.74, 6) is 0.185. The summed E-state index contributed by atoms with van der Waals surface area (Å²) in [5, 5.41) is 31.8. The van der Waals surface area contributed by atoms with Crippen molar-refractivity contribution in [3.8, 4) is 23.2 Å². The van der Waals surface area contributed by atoms with Crippen molar-refractivity contribution in [1.29, 1.82) is 0 Å². The Bertz CT molecular complexity index is 1160. The normalized spacial score (nSPS) is 22.9. The van der Waals surface area contributed by atoms with Crippen molar-refractivity contribution in [3.63, 3.8) is 0 Å². The number of aliphatic hydroxyl groups is 1. The molecule has 2 heterocycles. The SMILES string of the molecule is Oc1ccc(O)n1-c1ccc(Cl)c(O[C@H]2c3cc(Cl)cc(Cl)c3C[C@@H]2N2CC[C@@H](O)C2)c1. The predicted octanol–water partition coefficient (Wildman–Crippen LogP) is 4.96. The van der Waals surface area contributed by atoms with Crippen LogP contribution in [0.25, 0.3) is 5.69 Å². The fourth-order valence-corrected chi connectivity index (χ4v) is 5.43. The van der Waals surface area contributed by atoms with Crippen molar-refractivity contribution in [1.82, 2.24) is 9.47 Å². The third-order valence-electron chi connectivity index (χ3n) is 6.19. The summed E-state index contributed by atoms with van der Waals surface area (Å²) in [6, 6.07) is 11.3. The van der Waals surface area contributed by atoms with Gasteiger partial charge in [-0.15, -0.1) is 0 Å². The highest BCUT2D eigenvalue weighted by Gasteiger charge is 2.42. The van der Waals surface area contributed by atoms with E-state index >= 15 is 0 Å². The van der Waals surface area contributed by atoms with Crippen LogP contribution in [0.1, 0.15) is 23.7 Å². The lowest BCUT2D eigenvalue weighted by Crippen LogP contribution is -2.39. The molecule has 1 saturated heterocycles. The number of ether oxygens (including phenoxy) is 1. The lowest BCUT2D eigenvalue weighted by molar-refractivity contribution is 0.0819. The van der Waals surface area contributed by atoms with Crippen LogP contribution in [0.2, 0.25) is 15.1 Å². The molecule has 3 aromatic rings. The molecule has 2 aromatic carbocycles. The molecule has 6 nitrogen and oxygen atoms in total. The van der Waals surface area contributed by atoms with Crippen LogP contribution in [0, 0.1) is 0 Å². The average Bonchev–Trinajstić information content (AvgIpc) is 3.42. The summed E-state index contributed by atoms with van der Waals surface area (Å²) < 4.78 is 7.76.